The molecule has 2 aliphatic rings. The maximum absolute atomic E-state index is 4.73. The minimum absolute atomic E-state index is 0.681. The summed E-state index contributed by atoms with van der Waals surface area (Å²) >= 11 is 3.62. The highest BCUT2D eigenvalue weighted by atomic mass is 79.9. The second kappa shape index (κ2) is 4.52. The molecule has 0 unspecified atom stereocenters. The van der Waals surface area contributed by atoms with E-state index < -0.39 is 0 Å². The van der Waals surface area contributed by atoms with E-state index in [2.05, 4.69) is 20.6 Å². The van der Waals surface area contributed by atoms with E-state index in [0.717, 1.165) is 4.60 Å². The molecule has 0 N–H and O–H groups in total. The van der Waals surface area contributed by atoms with E-state index in [1.54, 1.807) is 0 Å². The summed E-state index contributed by atoms with van der Waals surface area (Å²) in [7, 11) is 0. The van der Waals surface area contributed by atoms with Gasteiger partial charge in [-0.15, -0.1) is 0 Å². The molecule has 0 amide bonds. The van der Waals surface area contributed by atoms with Crippen LogP contribution in [0, 0.1) is 0 Å². The van der Waals surface area contributed by atoms with Crippen molar-refractivity contribution in [2.24, 2.45) is 0 Å². The Bertz CT molecular complexity index is 376. The number of fused-ring (bicyclic) bond motifs is 1. The standard InChI is InChI=1S/C13H19BrN2/c14-13-11-8-5-9-12(11)16(15-13)10-6-3-1-2-4-7-10/h10H,1-9H2. The van der Waals surface area contributed by atoms with E-state index >= 15 is 0 Å². The lowest BCUT2D eigenvalue weighted by atomic mass is 10.1. The summed E-state index contributed by atoms with van der Waals surface area (Å²) in [4.78, 5) is 0. The minimum Gasteiger partial charge on any atom is -0.265 e. The molecule has 0 aliphatic heterocycles. The van der Waals surface area contributed by atoms with Crippen LogP contribution in [0.2, 0.25) is 0 Å². The van der Waals surface area contributed by atoms with E-state index in [4.69, 9.17) is 5.10 Å². The van der Waals surface area contributed by atoms with Gasteiger partial charge in [0.15, 0.2) is 0 Å². The largest absolute Gasteiger partial charge is 0.265 e. The van der Waals surface area contributed by atoms with Crippen molar-refractivity contribution in [3.63, 3.8) is 0 Å². The summed E-state index contributed by atoms with van der Waals surface area (Å²) in [5.41, 5.74) is 3.02. The van der Waals surface area contributed by atoms with Crippen LogP contribution in [0.1, 0.15) is 62.2 Å². The normalized spacial score (nSPS) is 22.1. The van der Waals surface area contributed by atoms with Crippen LogP contribution in [0.5, 0.6) is 0 Å². The Kier molecular flexibility index (Phi) is 3.05. The van der Waals surface area contributed by atoms with Crippen molar-refractivity contribution in [3.8, 4) is 0 Å². The maximum Gasteiger partial charge on any atom is 0.131 e. The summed E-state index contributed by atoms with van der Waals surface area (Å²) in [5.74, 6) is 0. The van der Waals surface area contributed by atoms with Crippen molar-refractivity contribution in [2.75, 3.05) is 0 Å². The number of hydrogen-bond donors (Lipinski definition) is 0. The van der Waals surface area contributed by atoms with E-state index in [1.165, 1.54) is 69.0 Å². The van der Waals surface area contributed by atoms with E-state index in [9.17, 15) is 0 Å². The van der Waals surface area contributed by atoms with Gasteiger partial charge in [0.2, 0.25) is 0 Å². The fourth-order valence-electron chi connectivity index (χ4n) is 3.22. The molecule has 1 saturated carbocycles. The Morgan fingerprint density at radius 1 is 1.00 bits per heavy atom. The first kappa shape index (κ1) is 10.8. The Hall–Kier alpha value is -0.310. The second-order valence-electron chi connectivity index (χ2n) is 5.16. The van der Waals surface area contributed by atoms with Crippen molar-refractivity contribution in [3.05, 3.63) is 15.9 Å². The summed E-state index contributed by atoms with van der Waals surface area (Å²) in [6.45, 7) is 0. The molecule has 1 aromatic heterocycles. The third kappa shape index (κ3) is 1.83. The molecular weight excluding hydrogens is 264 g/mol. The molecule has 3 rings (SSSR count). The van der Waals surface area contributed by atoms with Gasteiger partial charge in [0.05, 0.1) is 6.04 Å². The molecular formula is C13H19BrN2. The zero-order chi connectivity index (χ0) is 11.0. The number of rotatable bonds is 1. The van der Waals surface area contributed by atoms with Gasteiger partial charge in [-0.05, 0) is 48.0 Å². The van der Waals surface area contributed by atoms with Gasteiger partial charge in [-0.2, -0.15) is 5.10 Å². The van der Waals surface area contributed by atoms with Crippen LogP contribution >= 0.6 is 15.9 Å². The van der Waals surface area contributed by atoms with Crippen LogP contribution in [0.4, 0.5) is 0 Å². The Labute approximate surface area is 106 Å². The first-order valence-corrected chi connectivity index (χ1v) is 7.41. The summed E-state index contributed by atoms with van der Waals surface area (Å²) in [5, 5.41) is 4.73. The van der Waals surface area contributed by atoms with Gasteiger partial charge in [0, 0.05) is 11.3 Å². The van der Waals surface area contributed by atoms with Crippen LogP contribution in [0.3, 0.4) is 0 Å². The Balaban J connectivity index is 1.90. The average Bonchev–Trinajstić information content (AvgIpc) is 2.75. The quantitative estimate of drug-likeness (QED) is 0.711. The lowest BCUT2D eigenvalue weighted by molar-refractivity contribution is 0.393. The molecule has 1 aromatic rings. The smallest absolute Gasteiger partial charge is 0.131 e. The molecule has 0 bridgehead atoms. The summed E-state index contributed by atoms with van der Waals surface area (Å²) in [6.07, 6.45) is 12.1. The van der Waals surface area contributed by atoms with Gasteiger partial charge in [-0.3, -0.25) is 4.68 Å². The van der Waals surface area contributed by atoms with Crippen LogP contribution < -0.4 is 0 Å². The highest BCUT2D eigenvalue weighted by molar-refractivity contribution is 9.10. The maximum atomic E-state index is 4.73. The van der Waals surface area contributed by atoms with Crippen molar-refractivity contribution in [2.45, 2.75) is 63.8 Å². The highest BCUT2D eigenvalue weighted by Crippen LogP contribution is 2.34. The highest BCUT2D eigenvalue weighted by Gasteiger charge is 2.25. The molecule has 88 valence electrons. The molecule has 0 spiro atoms. The predicted molar refractivity (Wildman–Crippen MR) is 68.7 cm³/mol. The fourth-order valence-corrected chi connectivity index (χ4v) is 3.82. The first-order valence-electron chi connectivity index (χ1n) is 6.62. The molecule has 3 heteroatoms. The van der Waals surface area contributed by atoms with Crippen LogP contribution in [0.25, 0.3) is 0 Å². The van der Waals surface area contributed by atoms with Gasteiger partial charge in [-0.25, -0.2) is 0 Å². The first-order chi connectivity index (χ1) is 7.86. The minimum atomic E-state index is 0.681. The van der Waals surface area contributed by atoms with Crippen molar-refractivity contribution < 1.29 is 0 Å². The number of halogens is 1. The van der Waals surface area contributed by atoms with Crippen molar-refractivity contribution in [1.82, 2.24) is 9.78 Å². The van der Waals surface area contributed by atoms with Gasteiger partial charge >= 0.3 is 0 Å². The van der Waals surface area contributed by atoms with E-state index in [0.29, 0.717) is 6.04 Å². The van der Waals surface area contributed by atoms with Crippen LogP contribution in [-0.2, 0) is 12.8 Å². The van der Waals surface area contributed by atoms with Gasteiger partial charge in [-0.1, -0.05) is 25.7 Å². The van der Waals surface area contributed by atoms with Crippen LogP contribution in [0.15, 0.2) is 4.60 Å². The molecule has 0 aromatic carbocycles. The molecule has 2 aliphatic carbocycles. The van der Waals surface area contributed by atoms with Gasteiger partial charge in [0.25, 0.3) is 0 Å². The molecule has 0 radical (unpaired) electrons. The molecule has 1 heterocycles. The molecule has 0 atom stereocenters. The van der Waals surface area contributed by atoms with E-state index in [-0.39, 0.29) is 0 Å². The monoisotopic (exact) mass is 282 g/mol. The molecule has 2 nitrogen and oxygen atoms in total. The summed E-state index contributed by atoms with van der Waals surface area (Å²) in [6, 6.07) is 0.681. The predicted octanol–water partition coefficient (Wildman–Crippen LogP) is 4.03. The fraction of sp³-hybridized carbons (Fsp3) is 0.769. The zero-order valence-electron chi connectivity index (χ0n) is 9.71. The second-order valence-corrected chi connectivity index (χ2v) is 5.91. The summed E-state index contributed by atoms with van der Waals surface area (Å²) < 4.78 is 3.47. The van der Waals surface area contributed by atoms with Crippen molar-refractivity contribution in [1.29, 1.82) is 0 Å². The van der Waals surface area contributed by atoms with Gasteiger partial charge in [0.1, 0.15) is 4.60 Å². The molecule has 16 heavy (non-hydrogen) atoms. The Morgan fingerprint density at radius 2 is 1.75 bits per heavy atom. The van der Waals surface area contributed by atoms with Crippen molar-refractivity contribution >= 4 is 15.9 Å². The van der Waals surface area contributed by atoms with E-state index in [1.807, 2.05) is 0 Å². The SMILES string of the molecule is Brc1nn(C2CCCCCC2)c2c1CCC2. The molecule has 1 fully saturated rings. The Morgan fingerprint density at radius 3 is 2.50 bits per heavy atom. The van der Waals surface area contributed by atoms with Crippen LogP contribution in [-0.4, -0.2) is 9.78 Å². The molecule has 0 saturated heterocycles. The lowest BCUT2D eigenvalue weighted by Gasteiger charge is -2.17. The number of aromatic nitrogens is 2. The lowest BCUT2D eigenvalue weighted by Crippen LogP contribution is -2.12. The zero-order valence-corrected chi connectivity index (χ0v) is 11.3. The van der Waals surface area contributed by atoms with Gasteiger partial charge < -0.3 is 0 Å². The number of nitrogens with zero attached hydrogens (tertiary/aromatic N) is 2. The topological polar surface area (TPSA) is 17.8 Å². The number of hydrogen-bond acceptors (Lipinski definition) is 1. The average molecular weight is 283 g/mol. The third-order valence-electron chi connectivity index (χ3n) is 4.08. The third-order valence-corrected chi connectivity index (χ3v) is 4.72.